The van der Waals surface area contributed by atoms with E-state index in [1.807, 2.05) is 0 Å². The van der Waals surface area contributed by atoms with Crippen LogP contribution in [0.15, 0.2) is 30.3 Å². The third-order valence-corrected chi connectivity index (χ3v) is 4.44. The van der Waals surface area contributed by atoms with Crippen LogP contribution in [0.3, 0.4) is 0 Å². The quantitative estimate of drug-likeness (QED) is 0.835. The molecule has 0 N–H and O–H groups in total. The molecule has 1 aliphatic rings. The Balaban J connectivity index is 1.72. The van der Waals surface area contributed by atoms with E-state index in [0.717, 1.165) is 39.0 Å². The molecule has 0 saturated carbocycles. The second-order valence-electron chi connectivity index (χ2n) is 5.74. The van der Waals surface area contributed by atoms with E-state index in [1.54, 1.807) is 0 Å². The molecule has 0 unspecified atom stereocenters. The van der Waals surface area contributed by atoms with Crippen molar-refractivity contribution in [1.29, 1.82) is 0 Å². The van der Waals surface area contributed by atoms with Gasteiger partial charge in [-0.25, -0.2) is 0 Å². The lowest BCUT2D eigenvalue weighted by atomic mass is 10.1. The Morgan fingerprint density at radius 2 is 2.05 bits per heavy atom. The largest absolute Gasteiger partial charge is 0.294 e. The van der Waals surface area contributed by atoms with Gasteiger partial charge in [-0.15, -0.1) is 0 Å². The van der Waals surface area contributed by atoms with Gasteiger partial charge in [-0.2, -0.15) is 5.10 Å². The van der Waals surface area contributed by atoms with Crippen molar-refractivity contribution in [2.24, 2.45) is 0 Å². The van der Waals surface area contributed by atoms with Gasteiger partial charge in [0.25, 0.3) is 0 Å². The topological polar surface area (TPSA) is 21.1 Å². The number of nitrogens with zero attached hydrogens (tertiary/aromatic N) is 3. The lowest BCUT2D eigenvalue weighted by molar-refractivity contribution is 0.242. The highest BCUT2D eigenvalue weighted by atomic mass is 35.5. The standard InChI is InChI=1S/C17H22ClN3/c1-2-3-10-21-16-9-11-20(13-15(16)17(18)19-21)12-14-7-5-4-6-8-14/h4-8H,2-3,9-13H2,1H3. The molecule has 3 rings (SSSR count). The maximum Gasteiger partial charge on any atom is 0.155 e. The Kier molecular flexibility index (Phi) is 4.61. The number of aromatic nitrogens is 2. The Bertz CT molecular complexity index is 592. The number of hydrogen-bond donors (Lipinski definition) is 0. The number of hydrogen-bond acceptors (Lipinski definition) is 2. The van der Waals surface area contributed by atoms with Gasteiger partial charge in [0.15, 0.2) is 5.15 Å². The normalized spacial score (nSPS) is 15.1. The molecule has 1 aliphatic heterocycles. The monoisotopic (exact) mass is 303 g/mol. The molecule has 2 heterocycles. The Morgan fingerprint density at radius 1 is 1.24 bits per heavy atom. The summed E-state index contributed by atoms with van der Waals surface area (Å²) >= 11 is 6.35. The fraction of sp³-hybridized carbons (Fsp3) is 0.471. The summed E-state index contributed by atoms with van der Waals surface area (Å²) in [6.07, 6.45) is 3.40. The van der Waals surface area contributed by atoms with Crippen LogP contribution in [-0.4, -0.2) is 21.2 Å². The van der Waals surface area contributed by atoms with Crippen molar-refractivity contribution in [3.63, 3.8) is 0 Å². The Hall–Kier alpha value is -1.32. The number of unbranched alkanes of at least 4 members (excludes halogenated alkanes) is 1. The van der Waals surface area contributed by atoms with Crippen LogP contribution >= 0.6 is 11.6 Å². The molecule has 0 fully saturated rings. The van der Waals surface area contributed by atoms with Crippen LogP contribution < -0.4 is 0 Å². The molecule has 0 bridgehead atoms. The van der Waals surface area contributed by atoms with Gasteiger partial charge in [-0.05, 0) is 12.0 Å². The molecule has 112 valence electrons. The average Bonchev–Trinajstić information content (AvgIpc) is 2.82. The highest BCUT2D eigenvalue weighted by molar-refractivity contribution is 6.30. The van der Waals surface area contributed by atoms with Crippen molar-refractivity contribution in [3.8, 4) is 0 Å². The zero-order valence-corrected chi connectivity index (χ0v) is 13.3. The third kappa shape index (κ3) is 3.30. The van der Waals surface area contributed by atoms with Gasteiger partial charge in [-0.1, -0.05) is 55.3 Å². The fourth-order valence-corrected chi connectivity index (χ4v) is 3.23. The van der Waals surface area contributed by atoms with Crippen LogP contribution in [0.4, 0.5) is 0 Å². The second-order valence-corrected chi connectivity index (χ2v) is 6.10. The van der Waals surface area contributed by atoms with Gasteiger partial charge in [0, 0.05) is 43.9 Å². The van der Waals surface area contributed by atoms with Crippen molar-refractivity contribution in [1.82, 2.24) is 14.7 Å². The number of halogens is 1. The molecule has 4 heteroatoms. The summed E-state index contributed by atoms with van der Waals surface area (Å²) in [7, 11) is 0. The predicted octanol–water partition coefficient (Wildman–Crippen LogP) is 3.89. The summed E-state index contributed by atoms with van der Waals surface area (Å²) in [6, 6.07) is 10.6. The lowest BCUT2D eigenvalue weighted by Crippen LogP contribution is -2.30. The maximum absolute atomic E-state index is 6.35. The summed E-state index contributed by atoms with van der Waals surface area (Å²) in [6.45, 7) is 6.17. The second kappa shape index (κ2) is 6.63. The molecule has 1 aromatic carbocycles. The first kappa shape index (κ1) is 14.6. The molecular weight excluding hydrogens is 282 g/mol. The van der Waals surface area contributed by atoms with Crippen molar-refractivity contribution >= 4 is 11.6 Å². The SMILES string of the molecule is CCCCn1nc(Cl)c2c1CCN(Cc1ccccc1)C2. The van der Waals surface area contributed by atoms with Gasteiger partial charge in [0.1, 0.15) is 0 Å². The van der Waals surface area contributed by atoms with Gasteiger partial charge >= 0.3 is 0 Å². The van der Waals surface area contributed by atoms with Crippen molar-refractivity contribution < 1.29 is 0 Å². The van der Waals surface area contributed by atoms with Crippen molar-refractivity contribution in [2.75, 3.05) is 6.54 Å². The number of benzene rings is 1. The summed E-state index contributed by atoms with van der Waals surface area (Å²) in [5.74, 6) is 0. The fourth-order valence-electron chi connectivity index (χ4n) is 2.97. The molecule has 1 aromatic heterocycles. The van der Waals surface area contributed by atoms with Crippen molar-refractivity contribution in [3.05, 3.63) is 52.3 Å². The summed E-state index contributed by atoms with van der Waals surface area (Å²) in [5.41, 5.74) is 3.93. The first-order valence-electron chi connectivity index (χ1n) is 7.78. The molecule has 2 aromatic rings. The molecule has 0 spiro atoms. The van der Waals surface area contributed by atoms with Gasteiger partial charge in [-0.3, -0.25) is 9.58 Å². The summed E-state index contributed by atoms with van der Waals surface area (Å²) < 4.78 is 2.13. The van der Waals surface area contributed by atoms with Crippen LogP contribution in [-0.2, 0) is 26.1 Å². The van der Waals surface area contributed by atoms with E-state index in [9.17, 15) is 0 Å². The smallest absolute Gasteiger partial charge is 0.155 e. The summed E-state index contributed by atoms with van der Waals surface area (Å²) in [5, 5.41) is 5.22. The van der Waals surface area contributed by atoms with Gasteiger partial charge < -0.3 is 0 Å². The molecule has 0 amide bonds. The van der Waals surface area contributed by atoms with E-state index in [2.05, 4.69) is 51.9 Å². The molecule has 0 aliphatic carbocycles. The Morgan fingerprint density at radius 3 is 2.81 bits per heavy atom. The van der Waals surface area contributed by atoms with Crippen LogP contribution in [0.5, 0.6) is 0 Å². The molecule has 21 heavy (non-hydrogen) atoms. The summed E-state index contributed by atoms with van der Waals surface area (Å²) in [4.78, 5) is 2.45. The van der Waals surface area contributed by atoms with Crippen LogP contribution in [0.1, 0.15) is 36.6 Å². The van der Waals surface area contributed by atoms with Gasteiger partial charge in [0.2, 0.25) is 0 Å². The first-order chi connectivity index (χ1) is 10.3. The molecular formula is C17H22ClN3. The lowest BCUT2D eigenvalue weighted by Gasteiger charge is -2.27. The van der Waals surface area contributed by atoms with Crippen LogP contribution in [0, 0.1) is 0 Å². The predicted molar refractivity (Wildman–Crippen MR) is 86.4 cm³/mol. The molecule has 0 atom stereocenters. The van der Waals surface area contributed by atoms with Crippen LogP contribution in [0.2, 0.25) is 5.15 Å². The zero-order valence-electron chi connectivity index (χ0n) is 12.6. The van der Waals surface area contributed by atoms with Crippen LogP contribution in [0.25, 0.3) is 0 Å². The molecule has 0 radical (unpaired) electrons. The third-order valence-electron chi connectivity index (χ3n) is 4.14. The van der Waals surface area contributed by atoms with E-state index < -0.39 is 0 Å². The molecule has 3 nitrogen and oxygen atoms in total. The van der Waals surface area contributed by atoms with E-state index in [0.29, 0.717) is 5.15 Å². The van der Waals surface area contributed by atoms with Gasteiger partial charge in [0.05, 0.1) is 0 Å². The average molecular weight is 304 g/mol. The first-order valence-corrected chi connectivity index (χ1v) is 8.16. The van der Waals surface area contributed by atoms with E-state index in [-0.39, 0.29) is 0 Å². The zero-order chi connectivity index (χ0) is 14.7. The highest BCUT2D eigenvalue weighted by Gasteiger charge is 2.23. The van der Waals surface area contributed by atoms with E-state index in [1.165, 1.54) is 23.2 Å². The van der Waals surface area contributed by atoms with E-state index in [4.69, 9.17) is 11.6 Å². The Labute approximate surface area is 131 Å². The minimum absolute atomic E-state index is 0.693. The van der Waals surface area contributed by atoms with Crippen molar-refractivity contribution in [2.45, 2.75) is 45.8 Å². The maximum atomic E-state index is 6.35. The number of rotatable bonds is 5. The minimum Gasteiger partial charge on any atom is -0.294 e. The number of aryl methyl sites for hydroxylation is 1. The van der Waals surface area contributed by atoms with E-state index >= 15 is 0 Å². The molecule has 0 saturated heterocycles. The number of fused-ring (bicyclic) bond motifs is 1. The minimum atomic E-state index is 0.693. The highest BCUT2D eigenvalue weighted by Crippen LogP contribution is 2.27.